The number of aliphatic imine (C=N–C) groups is 1. The number of hydrogen-bond donors (Lipinski definition) is 0. The molecule has 3 rings (SSSR count). The van der Waals surface area contributed by atoms with E-state index in [0.717, 1.165) is 15.8 Å². The molecular formula is C18H14BrNO4. The molecule has 0 aromatic heterocycles. The molecule has 0 fully saturated rings. The van der Waals surface area contributed by atoms with Gasteiger partial charge >= 0.3 is 5.97 Å². The van der Waals surface area contributed by atoms with E-state index in [1.54, 1.807) is 32.4 Å². The second kappa shape index (κ2) is 6.88. The third-order valence-electron chi connectivity index (χ3n) is 3.43. The third-order valence-corrected chi connectivity index (χ3v) is 3.92. The van der Waals surface area contributed by atoms with Crippen molar-refractivity contribution < 1.29 is 19.0 Å². The van der Waals surface area contributed by atoms with Crippen molar-refractivity contribution in [3.63, 3.8) is 0 Å². The van der Waals surface area contributed by atoms with E-state index in [4.69, 9.17) is 14.2 Å². The molecule has 1 aliphatic rings. The first-order chi connectivity index (χ1) is 11.6. The number of cyclic esters (lactones) is 1. The highest BCUT2D eigenvalue weighted by atomic mass is 79.9. The Hall–Kier alpha value is -2.60. The van der Waals surface area contributed by atoms with Gasteiger partial charge in [0.15, 0.2) is 5.70 Å². The zero-order valence-electron chi connectivity index (χ0n) is 13.1. The number of esters is 1. The lowest BCUT2D eigenvalue weighted by Gasteiger charge is -2.07. The molecule has 6 heteroatoms. The summed E-state index contributed by atoms with van der Waals surface area (Å²) in [6.07, 6.45) is 1.67. The average molecular weight is 388 g/mol. The zero-order chi connectivity index (χ0) is 17.1. The lowest BCUT2D eigenvalue weighted by Crippen LogP contribution is -2.07. The van der Waals surface area contributed by atoms with Crippen molar-refractivity contribution in [1.82, 2.24) is 0 Å². The van der Waals surface area contributed by atoms with Crippen LogP contribution in [0.1, 0.15) is 11.1 Å². The van der Waals surface area contributed by atoms with Crippen LogP contribution in [0.5, 0.6) is 11.5 Å². The average Bonchev–Trinajstić information content (AvgIpc) is 2.96. The topological polar surface area (TPSA) is 57.1 Å². The van der Waals surface area contributed by atoms with E-state index in [1.165, 1.54) is 0 Å². The molecule has 2 aromatic carbocycles. The second-order valence-corrected chi connectivity index (χ2v) is 5.87. The van der Waals surface area contributed by atoms with Gasteiger partial charge in [-0.3, -0.25) is 0 Å². The Balaban J connectivity index is 1.95. The second-order valence-electron chi connectivity index (χ2n) is 4.95. The van der Waals surface area contributed by atoms with Crippen LogP contribution < -0.4 is 9.47 Å². The first-order valence-electron chi connectivity index (χ1n) is 7.11. The summed E-state index contributed by atoms with van der Waals surface area (Å²) in [5, 5.41) is 0. The van der Waals surface area contributed by atoms with Gasteiger partial charge in [0.25, 0.3) is 0 Å². The van der Waals surface area contributed by atoms with Crippen LogP contribution in [0, 0.1) is 0 Å². The molecule has 0 saturated carbocycles. The first kappa shape index (κ1) is 16.3. The summed E-state index contributed by atoms with van der Waals surface area (Å²) in [6, 6.07) is 12.7. The lowest BCUT2D eigenvalue weighted by atomic mass is 10.2. The summed E-state index contributed by atoms with van der Waals surface area (Å²) in [5.41, 5.74) is 1.67. The summed E-state index contributed by atoms with van der Waals surface area (Å²) in [7, 11) is 3.15. The Morgan fingerprint density at radius 2 is 1.83 bits per heavy atom. The largest absolute Gasteiger partial charge is 0.497 e. The fourth-order valence-electron chi connectivity index (χ4n) is 2.23. The maximum absolute atomic E-state index is 12.1. The Bertz CT molecular complexity index is 841. The fourth-order valence-corrected chi connectivity index (χ4v) is 2.59. The molecule has 24 heavy (non-hydrogen) atoms. The van der Waals surface area contributed by atoms with E-state index in [2.05, 4.69) is 20.9 Å². The van der Waals surface area contributed by atoms with E-state index in [1.807, 2.05) is 30.3 Å². The summed E-state index contributed by atoms with van der Waals surface area (Å²) < 4.78 is 16.5. The van der Waals surface area contributed by atoms with Crippen molar-refractivity contribution in [1.29, 1.82) is 0 Å². The van der Waals surface area contributed by atoms with Crippen molar-refractivity contribution in [2.24, 2.45) is 4.99 Å². The van der Waals surface area contributed by atoms with E-state index in [-0.39, 0.29) is 11.6 Å². The van der Waals surface area contributed by atoms with Crippen LogP contribution in [-0.2, 0) is 9.53 Å². The molecule has 0 saturated heterocycles. The number of hydrogen-bond acceptors (Lipinski definition) is 5. The van der Waals surface area contributed by atoms with Crippen molar-refractivity contribution >= 4 is 33.9 Å². The van der Waals surface area contributed by atoms with Crippen LogP contribution in [0.2, 0.25) is 0 Å². The lowest BCUT2D eigenvalue weighted by molar-refractivity contribution is -0.129. The molecule has 0 atom stereocenters. The molecule has 0 bridgehead atoms. The van der Waals surface area contributed by atoms with Gasteiger partial charge in [0, 0.05) is 4.47 Å². The molecule has 2 aromatic rings. The van der Waals surface area contributed by atoms with E-state index in [9.17, 15) is 4.79 Å². The highest BCUT2D eigenvalue weighted by Crippen LogP contribution is 2.28. The minimum absolute atomic E-state index is 0.220. The van der Waals surface area contributed by atoms with Crippen molar-refractivity contribution in [3.05, 3.63) is 63.8 Å². The smallest absolute Gasteiger partial charge is 0.363 e. The number of halogens is 1. The molecule has 0 N–H and O–H groups in total. The minimum atomic E-state index is -0.497. The van der Waals surface area contributed by atoms with E-state index in [0.29, 0.717) is 11.3 Å². The maximum atomic E-state index is 12.1. The Kier molecular flexibility index (Phi) is 4.66. The molecule has 122 valence electrons. The molecule has 0 radical (unpaired) electrons. The summed E-state index contributed by atoms with van der Waals surface area (Å²) in [6.45, 7) is 0. The van der Waals surface area contributed by atoms with Gasteiger partial charge in [-0.25, -0.2) is 9.79 Å². The number of nitrogens with zero attached hydrogens (tertiary/aromatic N) is 1. The summed E-state index contributed by atoms with van der Waals surface area (Å²) in [4.78, 5) is 16.4. The maximum Gasteiger partial charge on any atom is 0.363 e. The predicted octanol–water partition coefficient (Wildman–Crippen LogP) is 3.81. The molecular weight excluding hydrogens is 374 g/mol. The third kappa shape index (κ3) is 3.33. The molecule has 0 spiro atoms. The summed E-state index contributed by atoms with van der Waals surface area (Å²) >= 11 is 3.39. The number of carbonyl (C=O) groups is 1. The van der Waals surface area contributed by atoms with Gasteiger partial charge in [0.1, 0.15) is 11.5 Å². The Morgan fingerprint density at radius 1 is 1.08 bits per heavy atom. The van der Waals surface area contributed by atoms with Crippen LogP contribution in [0.25, 0.3) is 6.08 Å². The van der Waals surface area contributed by atoms with Crippen LogP contribution in [0.4, 0.5) is 0 Å². The van der Waals surface area contributed by atoms with Crippen molar-refractivity contribution in [2.45, 2.75) is 0 Å². The monoisotopic (exact) mass is 387 g/mol. The molecule has 0 unspecified atom stereocenters. The molecule has 5 nitrogen and oxygen atoms in total. The van der Waals surface area contributed by atoms with E-state index < -0.39 is 5.97 Å². The van der Waals surface area contributed by atoms with Gasteiger partial charge in [-0.2, -0.15) is 0 Å². The van der Waals surface area contributed by atoms with Crippen molar-refractivity contribution in [2.75, 3.05) is 14.2 Å². The number of ether oxygens (including phenoxy) is 3. The Morgan fingerprint density at radius 3 is 2.50 bits per heavy atom. The standard InChI is InChI=1S/C18H14BrNO4/c1-22-13-6-3-11(4-7-13)9-15-18(21)24-17(20-15)14-10-12(19)5-8-16(14)23-2/h3-10H,1-2H3/b15-9-. The van der Waals surface area contributed by atoms with Crippen molar-refractivity contribution in [3.8, 4) is 11.5 Å². The van der Waals surface area contributed by atoms with Gasteiger partial charge in [-0.1, -0.05) is 28.1 Å². The van der Waals surface area contributed by atoms with Gasteiger partial charge in [0.05, 0.1) is 19.8 Å². The Labute approximate surface area is 147 Å². The molecule has 1 aliphatic heterocycles. The quantitative estimate of drug-likeness (QED) is 0.591. The molecule has 1 heterocycles. The number of rotatable bonds is 4. The molecule has 0 amide bonds. The van der Waals surface area contributed by atoms with Crippen LogP contribution in [0.3, 0.4) is 0 Å². The highest BCUT2D eigenvalue weighted by Gasteiger charge is 2.26. The summed E-state index contributed by atoms with van der Waals surface area (Å²) in [5.74, 6) is 1.05. The number of benzene rings is 2. The van der Waals surface area contributed by atoms with Gasteiger partial charge < -0.3 is 14.2 Å². The van der Waals surface area contributed by atoms with Crippen LogP contribution in [0.15, 0.2) is 57.6 Å². The zero-order valence-corrected chi connectivity index (χ0v) is 14.7. The molecule has 0 aliphatic carbocycles. The number of methoxy groups -OCH3 is 2. The number of carbonyl (C=O) groups excluding carboxylic acids is 1. The fraction of sp³-hybridized carbons (Fsp3) is 0.111. The van der Waals surface area contributed by atoms with Gasteiger partial charge in [-0.05, 0) is 42.0 Å². The van der Waals surface area contributed by atoms with E-state index >= 15 is 0 Å². The van der Waals surface area contributed by atoms with Gasteiger partial charge in [0.2, 0.25) is 5.90 Å². The predicted molar refractivity (Wildman–Crippen MR) is 94.3 cm³/mol. The SMILES string of the molecule is COc1ccc(/C=C2\N=C(c3cc(Br)ccc3OC)OC2=O)cc1. The normalized spacial score (nSPS) is 15.2. The van der Waals surface area contributed by atoms with Crippen LogP contribution in [-0.4, -0.2) is 26.1 Å². The highest BCUT2D eigenvalue weighted by molar-refractivity contribution is 9.10. The minimum Gasteiger partial charge on any atom is -0.497 e. The first-order valence-corrected chi connectivity index (χ1v) is 7.90. The van der Waals surface area contributed by atoms with Crippen LogP contribution >= 0.6 is 15.9 Å². The van der Waals surface area contributed by atoms with Gasteiger partial charge in [-0.15, -0.1) is 0 Å².